The number of hydrogen-bond donors (Lipinski definition) is 2. The Bertz CT molecular complexity index is 271. The van der Waals surface area contributed by atoms with E-state index < -0.39 is 0 Å². The lowest BCUT2D eigenvalue weighted by Gasteiger charge is -2.11. The lowest BCUT2D eigenvalue weighted by Crippen LogP contribution is -2.11. The molecule has 0 aliphatic heterocycles. The number of rotatable bonds is 4. The summed E-state index contributed by atoms with van der Waals surface area (Å²) in [6.45, 7) is 0.158. The molecule has 5 heteroatoms. The van der Waals surface area contributed by atoms with Gasteiger partial charge in [-0.05, 0) is 18.9 Å². The van der Waals surface area contributed by atoms with Gasteiger partial charge in [-0.25, -0.2) is 4.98 Å². The fourth-order valence-corrected chi connectivity index (χ4v) is 1.40. The highest BCUT2D eigenvalue weighted by molar-refractivity contribution is 6.30. The molecule has 0 fully saturated rings. The Morgan fingerprint density at radius 3 is 2.86 bits per heavy atom. The molecule has 14 heavy (non-hydrogen) atoms. The van der Waals surface area contributed by atoms with E-state index in [-0.39, 0.29) is 25.1 Å². The highest BCUT2D eigenvalue weighted by atomic mass is 35.5. The Morgan fingerprint density at radius 2 is 2.29 bits per heavy atom. The van der Waals surface area contributed by atoms with E-state index in [4.69, 9.17) is 22.4 Å². The SMILES string of the molecule is Cl.N[C@@H](CCCO)c1cccnc1Cl. The van der Waals surface area contributed by atoms with Crippen LogP contribution in [-0.2, 0) is 0 Å². The van der Waals surface area contributed by atoms with E-state index in [0.717, 1.165) is 12.0 Å². The van der Waals surface area contributed by atoms with Crippen molar-refractivity contribution >= 4 is 24.0 Å². The van der Waals surface area contributed by atoms with Gasteiger partial charge < -0.3 is 10.8 Å². The Balaban J connectivity index is 0.00000169. The maximum atomic E-state index is 8.63. The summed E-state index contributed by atoms with van der Waals surface area (Å²) in [6, 6.07) is 3.53. The largest absolute Gasteiger partial charge is 0.396 e. The van der Waals surface area contributed by atoms with Crippen LogP contribution in [0.25, 0.3) is 0 Å². The van der Waals surface area contributed by atoms with Gasteiger partial charge in [0.15, 0.2) is 0 Å². The van der Waals surface area contributed by atoms with Crippen LogP contribution in [0, 0.1) is 0 Å². The van der Waals surface area contributed by atoms with Gasteiger partial charge >= 0.3 is 0 Å². The number of aromatic nitrogens is 1. The molecule has 0 aliphatic rings. The van der Waals surface area contributed by atoms with E-state index in [9.17, 15) is 0 Å². The molecule has 0 spiro atoms. The van der Waals surface area contributed by atoms with E-state index in [1.807, 2.05) is 6.07 Å². The van der Waals surface area contributed by atoms with Crippen molar-refractivity contribution < 1.29 is 5.11 Å². The Hall–Kier alpha value is -0.350. The van der Waals surface area contributed by atoms with E-state index in [0.29, 0.717) is 11.6 Å². The number of aliphatic hydroxyl groups excluding tert-OH is 1. The molecule has 3 N–H and O–H groups in total. The molecule has 1 heterocycles. The molecule has 0 aromatic carbocycles. The summed E-state index contributed by atoms with van der Waals surface area (Å²) in [5, 5.41) is 9.08. The van der Waals surface area contributed by atoms with E-state index >= 15 is 0 Å². The van der Waals surface area contributed by atoms with Crippen molar-refractivity contribution in [3.05, 3.63) is 29.0 Å². The zero-order valence-electron chi connectivity index (χ0n) is 7.69. The van der Waals surface area contributed by atoms with E-state index in [2.05, 4.69) is 4.98 Å². The third-order valence-electron chi connectivity index (χ3n) is 1.86. The Labute approximate surface area is 94.7 Å². The second-order valence-electron chi connectivity index (χ2n) is 2.86. The topological polar surface area (TPSA) is 59.1 Å². The van der Waals surface area contributed by atoms with Crippen molar-refractivity contribution in [2.45, 2.75) is 18.9 Å². The van der Waals surface area contributed by atoms with Gasteiger partial charge in [0.25, 0.3) is 0 Å². The normalized spacial score (nSPS) is 11.9. The van der Waals surface area contributed by atoms with E-state index in [1.165, 1.54) is 0 Å². The predicted octanol–water partition coefficient (Wildman–Crippen LogP) is 1.93. The van der Waals surface area contributed by atoms with Gasteiger partial charge in [0, 0.05) is 24.4 Å². The minimum Gasteiger partial charge on any atom is -0.396 e. The summed E-state index contributed by atoms with van der Waals surface area (Å²) in [4.78, 5) is 3.93. The third-order valence-corrected chi connectivity index (χ3v) is 2.18. The maximum Gasteiger partial charge on any atom is 0.133 e. The second kappa shape index (κ2) is 7.01. The average molecular weight is 237 g/mol. The Morgan fingerprint density at radius 1 is 1.57 bits per heavy atom. The van der Waals surface area contributed by atoms with Crippen LogP contribution in [0.5, 0.6) is 0 Å². The minimum absolute atomic E-state index is 0. The van der Waals surface area contributed by atoms with Crippen LogP contribution in [0.1, 0.15) is 24.4 Å². The zero-order chi connectivity index (χ0) is 9.68. The summed E-state index contributed by atoms with van der Waals surface area (Å²) in [7, 11) is 0. The van der Waals surface area contributed by atoms with Crippen molar-refractivity contribution in [3.63, 3.8) is 0 Å². The van der Waals surface area contributed by atoms with Gasteiger partial charge in [-0.15, -0.1) is 12.4 Å². The fraction of sp³-hybridized carbons (Fsp3) is 0.444. The molecule has 0 bridgehead atoms. The second-order valence-corrected chi connectivity index (χ2v) is 3.21. The maximum absolute atomic E-state index is 8.63. The van der Waals surface area contributed by atoms with Gasteiger partial charge in [0.1, 0.15) is 5.15 Å². The molecule has 1 aromatic heterocycles. The predicted molar refractivity (Wildman–Crippen MR) is 59.7 cm³/mol. The van der Waals surface area contributed by atoms with Crippen LogP contribution >= 0.6 is 24.0 Å². The number of aliphatic hydroxyl groups is 1. The van der Waals surface area contributed by atoms with E-state index in [1.54, 1.807) is 12.3 Å². The monoisotopic (exact) mass is 236 g/mol. The lowest BCUT2D eigenvalue weighted by atomic mass is 10.1. The molecule has 0 saturated carbocycles. The Kier molecular flexibility index (Phi) is 6.83. The first-order valence-corrected chi connectivity index (χ1v) is 4.60. The van der Waals surface area contributed by atoms with Gasteiger partial charge in [-0.3, -0.25) is 0 Å². The van der Waals surface area contributed by atoms with Crippen LogP contribution in [0.4, 0.5) is 0 Å². The fourth-order valence-electron chi connectivity index (χ4n) is 1.14. The van der Waals surface area contributed by atoms with Crippen molar-refractivity contribution in [1.29, 1.82) is 0 Å². The molecular weight excluding hydrogens is 223 g/mol. The first kappa shape index (κ1) is 13.7. The van der Waals surface area contributed by atoms with Crippen molar-refractivity contribution in [2.75, 3.05) is 6.61 Å². The molecule has 0 aliphatic carbocycles. The standard InChI is InChI=1S/C9H13ClN2O.ClH/c10-9-7(3-1-5-12-9)8(11)4-2-6-13;/h1,3,5,8,13H,2,4,6,11H2;1H/t8-;/m0./s1. The zero-order valence-corrected chi connectivity index (χ0v) is 9.26. The number of pyridine rings is 1. The molecule has 80 valence electrons. The van der Waals surface area contributed by atoms with Gasteiger partial charge in [0.05, 0.1) is 0 Å². The molecule has 1 atom stereocenters. The highest BCUT2D eigenvalue weighted by Gasteiger charge is 2.09. The van der Waals surface area contributed by atoms with Crippen LogP contribution in [0.3, 0.4) is 0 Å². The van der Waals surface area contributed by atoms with Gasteiger partial charge in [-0.2, -0.15) is 0 Å². The molecule has 0 radical (unpaired) electrons. The molecule has 1 rings (SSSR count). The molecule has 0 unspecified atom stereocenters. The number of halogens is 2. The first-order chi connectivity index (χ1) is 6.25. The number of nitrogens with two attached hydrogens (primary N) is 1. The average Bonchev–Trinajstić information content (AvgIpc) is 2.15. The van der Waals surface area contributed by atoms with Crippen molar-refractivity contribution in [1.82, 2.24) is 4.98 Å². The van der Waals surface area contributed by atoms with Crippen LogP contribution in [-0.4, -0.2) is 16.7 Å². The first-order valence-electron chi connectivity index (χ1n) is 4.22. The lowest BCUT2D eigenvalue weighted by molar-refractivity contribution is 0.280. The molecule has 1 aromatic rings. The summed E-state index contributed by atoms with van der Waals surface area (Å²) in [6.07, 6.45) is 3.04. The van der Waals surface area contributed by atoms with Crippen molar-refractivity contribution in [3.8, 4) is 0 Å². The highest BCUT2D eigenvalue weighted by Crippen LogP contribution is 2.21. The number of hydrogen-bond acceptors (Lipinski definition) is 3. The van der Waals surface area contributed by atoms with Crippen LogP contribution in [0.15, 0.2) is 18.3 Å². The quantitative estimate of drug-likeness (QED) is 0.786. The summed E-state index contributed by atoms with van der Waals surface area (Å²) >= 11 is 5.84. The molecule has 0 amide bonds. The number of nitrogens with zero attached hydrogens (tertiary/aromatic N) is 1. The summed E-state index contributed by atoms with van der Waals surface area (Å²) in [5.74, 6) is 0. The van der Waals surface area contributed by atoms with Gasteiger partial charge in [0.2, 0.25) is 0 Å². The minimum atomic E-state index is -0.131. The molecule has 0 saturated heterocycles. The summed E-state index contributed by atoms with van der Waals surface area (Å²) < 4.78 is 0. The van der Waals surface area contributed by atoms with Crippen molar-refractivity contribution in [2.24, 2.45) is 5.73 Å². The smallest absolute Gasteiger partial charge is 0.133 e. The third kappa shape index (κ3) is 3.80. The summed E-state index contributed by atoms with van der Waals surface area (Å²) in [5.41, 5.74) is 6.69. The van der Waals surface area contributed by atoms with Crippen LogP contribution in [0.2, 0.25) is 5.15 Å². The molecule has 3 nitrogen and oxygen atoms in total. The van der Waals surface area contributed by atoms with Crippen LogP contribution < -0.4 is 5.73 Å². The molecular formula is C9H14Cl2N2O. The van der Waals surface area contributed by atoms with Gasteiger partial charge in [-0.1, -0.05) is 17.7 Å².